The van der Waals surface area contributed by atoms with Crippen LogP contribution in [0.2, 0.25) is 0 Å². The van der Waals surface area contributed by atoms with Crippen molar-refractivity contribution < 1.29 is 23.4 Å². The maximum atomic E-state index is 14.3. The minimum atomic E-state index is -3.28. The molecule has 128 valence electrons. The van der Waals surface area contributed by atoms with Gasteiger partial charge in [-0.15, -0.1) is 0 Å². The molecule has 0 fully saturated rings. The zero-order valence-electron chi connectivity index (χ0n) is 12.8. The monoisotopic (exact) mass is 408 g/mol. The first-order valence-corrected chi connectivity index (χ1v) is 9.21. The topological polar surface area (TPSA) is 102 Å². The highest BCUT2D eigenvalue weighted by Gasteiger charge is 2.50. The van der Waals surface area contributed by atoms with Crippen LogP contribution in [0.3, 0.4) is 0 Å². The molecular formula is C14H18BrFN2O4S. The van der Waals surface area contributed by atoms with E-state index in [0.717, 1.165) is 0 Å². The molecule has 1 aromatic carbocycles. The van der Waals surface area contributed by atoms with Crippen LogP contribution >= 0.6 is 26.5 Å². The van der Waals surface area contributed by atoms with Crippen LogP contribution in [-0.2, 0) is 5.54 Å². The molecule has 1 amide bonds. The van der Waals surface area contributed by atoms with E-state index < -0.39 is 32.8 Å². The van der Waals surface area contributed by atoms with Gasteiger partial charge in [-0.05, 0) is 39.0 Å². The summed E-state index contributed by atoms with van der Waals surface area (Å²) in [5.74, 6) is -0.854. The number of hydrogen-bond acceptors (Lipinski definition) is 4. The fraction of sp³-hybridized carbons (Fsp3) is 0.429. The fourth-order valence-corrected chi connectivity index (χ4v) is 4.60. The third kappa shape index (κ3) is 3.23. The van der Waals surface area contributed by atoms with Crippen molar-refractivity contribution >= 4 is 38.4 Å². The molecule has 4 N–H and O–H groups in total. The van der Waals surface area contributed by atoms with Crippen molar-refractivity contribution in [2.24, 2.45) is 4.99 Å². The van der Waals surface area contributed by atoms with E-state index in [1.54, 1.807) is 6.92 Å². The molecular weight excluding hydrogens is 391 g/mol. The molecule has 9 heteroatoms. The first-order chi connectivity index (χ1) is 10.4. The molecule has 2 rings (SSSR count). The lowest BCUT2D eigenvalue weighted by molar-refractivity contribution is 0.199. The van der Waals surface area contributed by atoms with Gasteiger partial charge in [0.1, 0.15) is 21.9 Å². The quantitative estimate of drug-likeness (QED) is 0.563. The van der Waals surface area contributed by atoms with Gasteiger partial charge in [-0.3, -0.25) is 19.4 Å². The van der Waals surface area contributed by atoms with Crippen LogP contribution in [-0.4, -0.2) is 36.6 Å². The van der Waals surface area contributed by atoms with Crippen molar-refractivity contribution in [3.8, 4) is 0 Å². The molecule has 0 bridgehead atoms. The third-order valence-corrected chi connectivity index (χ3v) is 7.25. The number of aliphatic imine (C=N–C) groups is 1. The van der Waals surface area contributed by atoms with E-state index in [0.29, 0.717) is 4.47 Å². The lowest BCUT2D eigenvalue weighted by Crippen LogP contribution is -2.55. The first kappa shape index (κ1) is 18.2. The number of rotatable bonds is 1. The maximum absolute atomic E-state index is 14.3. The summed E-state index contributed by atoms with van der Waals surface area (Å²) in [7, 11) is -3.28. The molecule has 6 nitrogen and oxygen atoms in total. The highest BCUT2D eigenvalue weighted by molar-refractivity contribution is 9.10. The number of hydrogen-bond donors (Lipinski definition) is 4. The van der Waals surface area contributed by atoms with Gasteiger partial charge in [-0.25, -0.2) is 9.18 Å². The minimum absolute atomic E-state index is 0.0990. The minimum Gasteiger partial charge on any atom is -0.465 e. The van der Waals surface area contributed by atoms with Gasteiger partial charge in [0.05, 0.1) is 5.75 Å². The number of amidine groups is 1. The number of nitrogens with one attached hydrogen (secondary N) is 1. The number of carbonyl (C=O) groups is 1. The summed E-state index contributed by atoms with van der Waals surface area (Å²) in [4.78, 5) is 15.3. The molecule has 1 aromatic rings. The van der Waals surface area contributed by atoms with E-state index in [4.69, 9.17) is 5.11 Å². The van der Waals surface area contributed by atoms with Crippen molar-refractivity contribution in [1.29, 1.82) is 0 Å². The Hall–Kier alpha value is -1.16. The van der Waals surface area contributed by atoms with Crippen molar-refractivity contribution in [3.05, 3.63) is 34.1 Å². The molecule has 1 aliphatic rings. The van der Waals surface area contributed by atoms with Gasteiger partial charge in [0.2, 0.25) is 0 Å². The summed E-state index contributed by atoms with van der Waals surface area (Å²) in [6.07, 6.45) is -1.37. The van der Waals surface area contributed by atoms with Crippen molar-refractivity contribution in [1.82, 2.24) is 5.32 Å². The second-order valence-corrected chi connectivity index (χ2v) is 9.67. The van der Waals surface area contributed by atoms with E-state index in [9.17, 15) is 18.3 Å². The molecule has 0 radical (unpaired) electrons. The van der Waals surface area contributed by atoms with Gasteiger partial charge < -0.3 is 5.11 Å². The highest BCUT2D eigenvalue weighted by atomic mass is 79.9. The maximum Gasteiger partial charge on any atom is 0.410 e. The van der Waals surface area contributed by atoms with Crippen molar-refractivity contribution in [2.45, 2.75) is 31.1 Å². The Morgan fingerprint density at radius 1 is 1.39 bits per heavy atom. The van der Waals surface area contributed by atoms with Gasteiger partial charge >= 0.3 is 6.09 Å². The molecule has 0 aliphatic carbocycles. The predicted molar refractivity (Wildman–Crippen MR) is 91.8 cm³/mol. The molecule has 0 saturated carbocycles. The van der Waals surface area contributed by atoms with Crippen LogP contribution in [0.25, 0.3) is 0 Å². The smallest absolute Gasteiger partial charge is 0.410 e. The Kier molecular flexibility index (Phi) is 4.53. The first-order valence-electron chi connectivity index (χ1n) is 6.70. The molecule has 1 atom stereocenters. The van der Waals surface area contributed by atoms with Crippen LogP contribution in [0.15, 0.2) is 27.7 Å². The molecule has 1 heterocycles. The summed E-state index contributed by atoms with van der Waals surface area (Å²) in [6.45, 7) is 4.53. The second kappa shape index (κ2) is 5.73. The van der Waals surface area contributed by atoms with Gasteiger partial charge in [-0.1, -0.05) is 15.9 Å². The normalized spacial score (nSPS) is 27.0. The van der Waals surface area contributed by atoms with Crippen LogP contribution in [0.5, 0.6) is 0 Å². The largest absolute Gasteiger partial charge is 0.465 e. The van der Waals surface area contributed by atoms with E-state index in [1.807, 2.05) is 0 Å². The Morgan fingerprint density at radius 3 is 2.57 bits per heavy atom. The van der Waals surface area contributed by atoms with Crippen LogP contribution in [0, 0.1) is 5.82 Å². The van der Waals surface area contributed by atoms with Gasteiger partial charge in [-0.2, -0.15) is 10.6 Å². The fourth-order valence-electron chi connectivity index (χ4n) is 2.47. The van der Waals surface area contributed by atoms with Gasteiger partial charge in [0, 0.05) is 10.0 Å². The second-order valence-electron chi connectivity index (χ2n) is 6.11. The standard InChI is InChI=1S/C14H18BrFN2O4S/c1-13(2)11(17-12(19)20)18-14(3,7-23(13,21)22)9-6-8(15)4-5-10(9)16/h4-6,21-22H,7H2,1-3H3,(H,17,18)(H,19,20). The lowest BCUT2D eigenvalue weighted by atomic mass is 9.93. The SMILES string of the molecule is CC1(c2cc(Br)ccc2F)CS(O)(O)C(C)(C)C(NC(=O)O)=N1. The summed E-state index contributed by atoms with van der Waals surface area (Å²) < 4.78 is 34.6. The van der Waals surface area contributed by atoms with Gasteiger partial charge in [0.15, 0.2) is 0 Å². The number of amides is 1. The van der Waals surface area contributed by atoms with Gasteiger partial charge in [0.25, 0.3) is 0 Å². The average molecular weight is 409 g/mol. The number of nitrogens with zero attached hydrogens (tertiary/aromatic N) is 1. The number of carboxylic acid groups (broad SMARTS) is 1. The van der Waals surface area contributed by atoms with Crippen molar-refractivity contribution in [3.63, 3.8) is 0 Å². The summed E-state index contributed by atoms with van der Waals surface area (Å²) in [6, 6.07) is 4.27. The molecule has 0 saturated heterocycles. The number of halogens is 2. The van der Waals surface area contributed by atoms with E-state index in [2.05, 4.69) is 26.2 Å². The Balaban J connectivity index is 2.66. The Morgan fingerprint density at radius 2 is 2.00 bits per heavy atom. The van der Waals surface area contributed by atoms with Crippen LogP contribution in [0.1, 0.15) is 26.3 Å². The Bertz CT molecular complexity index is 695. The molecule has 0 aromatic heterocycles. The lowest BCUT2D eigenvalue weighted by Gasteiger charge is -2.53. The van der Waals surface area contributed by atoms with Crippen molar-refractivity contribution in [2.75, 3.05) is 5.75 Å². The Labute approximate surface area is 143 Å². The highest BCUT2D eigenvalue weighted by Crippen LogP contribution is 2.59. The molecule has 1 aliphatic heterocycles. The molecule has 0 spiro atoms. The molecule has 23 heavy (non-hydrogen) atoms. The van der Waals surface area contributed by atoms with Crippen LogP contribution in [0.4, 0.5) is 9.18 Å². The summed E-state index contributed by atoms with van der Waals surface area (Å²) >= 11 is 3.25. The zero-order valence-corrected chi connectivity index (χ0v) is 15.2. The summed E-state index contributed by atoms with van der Waals surface area (Å²) in [5, 5.41) is 11.1. The van der Waals surface area contributed by atoms with E-state index in [1.165, 1.54) is 32.0 Å². The predicted octanol–water partition coefficient (Wildman–Crippen LogP) is 4.01. The summed E-state index contributed by atoms with van der Waals surface area (Å²) in [5.41, 5.74) is -1.15. The average Bonchev–Trinajstić information content (AvgIpc) is 2.38. The number of benzene rings is 1. The molecule has 1 unspecified atom stereocenters. The van der Waals surface area contributed by atoms with E-state index in [-0.39, 0.29) is 17.2 Å². The third-order valence-electron chi connectivity index (χ3n) is 3.96. The van der Waals surface area contributed by atoms with E-state index >= 15 is 0 Å². The zero-order chi connectivity index (χ0) is 17.6. The van der Waals surface area contributed by atoms with Crippen LogP contribution < -0.4 is 5.32 Å².